The smallest absolute Gasteiger partial charge is 0.0238 e. The predicted molar refractivity (Wildman–Crippen MR) is 56.0 cm³/mol. The molecule has 1 N–H and O–H groups in total. The van der Waals surface area contributed by atoms with Crippen molar-refractivity contribution in [1.29, 1.82) is 0 Å². The fraction of sp³-hybridized carbons (Fsp3) is 1.00. The molecule has 0 spiro atoms. The molecule has 2 nitrogen and oxygen atoms in total. The monoisotopic (exact) mass is 192 g/mol. The summed E-state index contributed by atoms with van der Waals surface area (Å²) in [5.41, 5.74) is 0. The number of nitrogens with one attached hydrogen (secondary N) is 1. The molecule has 0 aliphatic carbocycles. The lowest BCUT2D eigenvalue weighted by atomic mass is 10.2. The Bertz CT molecular complexity index is 96.5. The summed E-state index contributed by atoms with van der Waals surface area (Å²) in [7, 11) is 4.20. The van der Waals surface area contributed by atoms with Crippen LogP contribution in [0, 0.1) is 0 Å². The lowest BCUT2D eigenvalue weighted by molar-refractivity contribution is 0.387. The van der Waals surface area contributed by atoms with E-state index in [2.05, 4.69) is 31.2 Å². The van der Waals surface area contributed by atoms with Crippen LogP contribution in [0.15, 0.2) is 0 Å². The Labute approximate surface area is 81.3 Å². The summed E-state index contributed by atoms with van der Waals surface area (Å²) in [5.74, 6) is 0.752. The van der Waals surface area contributed by atoms with Crippen LogP contribution in [0.25, 0.3) is 0 Å². The minimum Gasteiger partial charge on any atom is -0.314 e. The van der Waals surface area contributed by atoms with E-state index in [9.17, 15) is 0 Å². The van der Waals surface area contributed by atoms with E-state index >= 15 is 0 Å². The molecule has 0 aromatic heterocycles. The zero-order chi connectivity index (χ0) is 9.40. The van der Waals surface area contributed by atoms with Crippen molar-refractivity contribution in [1.82, 2.24) is 10.2 Å². The van der Waals surface area contributed by atoms with Crippen LogP contribution in [0.4, 0.5) is 0 Å². The molecule has 0 saturated heterocycles. The van der Waals surface area contributed by atoms with Gasteiger partial charge in [0.25, 0.3) is 0 Å². The van der Waals surface area contributed by atoms with E-state index in [1.54, 1.807) is 0 Å². The Morgan fingerprint density at radius 2 is 2.08 bits per heavy atom. The third-order valence-electron chi connectivity index (χ3n) is 1.82. The van der Waals surface area contributed by atoms with Crippen molar-refractivity contribution >= 4 is 11.6 Å². The minimum absolute atomic E-state index is 0.560. The van der Waals surface area contributed by atoms with E-state index in [4.69, 9.17) is 11.6 Å². The molecular weight excluding hydrogens is 172 g/mol. The highest BCUT2D eigenvalue weighted by molar-refractivity contribution is 6.17. The normalized spacial score (nSPS) is 13.8. The molecule has 0 saturated carbocycles. The second-order valence-electron chi connectivity index (χ2n) is 3.49. The Morgan fingerprint density at radius 3 is 2.58 bits per heavy atom. The number of hydrogen-bond acceptors (Lipinski definition) is 2. The maximum absolute atomic E-state index is 5.61. The molecule has 12 heavy (non-hydrogen) atoms. The second-order valence-corrected chi connectivity index (χ2v) is 3.87. The molecule has 0 aromatic carbocycles. The van der Waals surface area contributed by atoms with Gasteiger partial charge in [0.05, 0.1) is 0 Å². The van der Waals surface area contributed by atoms with Crippen molar-refractivity contribution in [2.75, 3.05) is 33.1 Å². The molecule has 0 amide bonds. The van der Waals surface area contributed by atoms with Gasteiger partial charge < -0.3 is 10.2 Å². The van der Waals surface area contributed by atoms with Crippen LogP contribution >= 0.6 is 11.6 Å². The number of nitrogens with zero attached hydrogens (tertiary/aromatic N) is 1. The zero-order valence-corrected chi connectivity index (χ0v) is 9.19. The van der Waals surface area contributed by atoms with Crippen LogP contribution in [0.3, 0.4) is 0 Å². The highest BCUT2D eigenvalue weighted by Gasteiger charge is 1.98. The molecule has 0 fully saturated rings. The summed E-state index contributed by atoms with van der Waals surface area (Å²) in [6.45, 7) is 4.43. The fourth-order valence-electron chi connectivity index (χ4n) is 1.01. The Kier molecular flexibility index (Phi) is 7.98. The minimum atomic E-state index is 0.560. The van der Waals surface area contributed by atoms with Crippen LogP contribution < -0.4 is 5.32 Å². The summed E-state index contributed by atoms with van der Waals surface area (Å²) in [5, 5.41) is 3.43. The summed E-state index contributed by atoms with van der Waals surface area (Å²) in [6.07, 6.45) is 2.27. The van der Waals surface area contributed by atoms with E-state index in [1.165, 1.54) is 6.42 Å². The quantitative estimate of drug-likeness (QED) is 0.487. The number of hydrogen-bond donors (Lipinski definition) is 1. The number of alkyl halides is 1. The average Bonchev–Trinajstić information content (AvgIpc) is 1.98. The molecule has 0 heterocycles. The first-order valence-corrected chi connectivity index (χ1v) is 5.14. The molecule has 0 rings (SSSR count). The molecule has 0 aliphatic heterocycles. The van der Waals surface area contributed by atoms with Crippen LogP contribution in [0.5, 0.6) is 0 Å². The molecule has 0 aromatic rings. The summed E-state index contributed by atoms with van der Waals surface area (Å²) < 4.78 is 0. The topological polar surface area (TPSA) is 15.3 Å². The summed E-state index contributed by atoms with van der Waals surface area (Å²) in [6, 6.07) is 0.560. The first-order chi connectivity index (χ1) is 5.66. The molecule has 0 aliphatic rings. The van der Waals surface area contributed by atoms with E-state index in [-0.39, 0.29) is 0 Å². The van der Waals surface area contributed by atoms with Crippen molar-refractivity contribution < 1.29 is 0 Å². The second kappa shape index (κ2) is 7.84. The maximum Gasteiger partial charge on any atom is 0.0238 e. The Morgan fingerprint density at radius 1 is 1.42 bits per heavy atom. The standard InChI is InChI=1S/C9H21ClN2/c1-9(5-6-10)11-7-4-8-12(2)3/h9,11H,4-8H2,1-3H3. The van der Waals surface area contributed by atoms with Crippen molar-refractivity contribution in [2.24, 2.45) is 0 Å². The van der Waals surface area contributed by atoms with Crippen molar-refractivity contribution in [3.05, 3.63) is 0 Å². The number of rotatable bonds is 7. The predicted octanol–water partition coefficient (Wildman–Crippen LogP) is 1.55. The first-order valence-electron chi connectivity index (χ1n) is 4.61. The van der Waals surface area contributed by atoms with Gasteiger partial charge in [-0.2, -0.15) is 0 Å². The summed E-state index contributed by atoms with van der Waals surface area (Å²) >= 11 is 5.61. The van der Waals surface area contributed by atoms with Gasteiger partial charge in [-0.15, -0.1) is 11.6 Å². The van der Waals surface area contributed by atoms with Gasteiger partial charge in [-0.25, -0.2) is 0 Å². The van der Waals surface area contributed by atoms with Gasteiger partial charge in [-0.05, 0) is 47.0 Å². The van der Waals surface area contributed by atoms with Crippen LogP contribution in [0.1, 0.15) is 19.8 Å². The third-order valence-corrected chi connectivity index (χ3v) is 2.04. The molecule has 1 unspecified atom stereocenters. The van der Waals surface area contributed by atoms with E-state index < -0.39 is 0 Å². The molecule has 3 heteroatoms. The van der Waals surface area contributed by atoms with E-state index in [1.807, 2.05) is 0 Å². The lowest BCUT2D eigenvalue weighted by Gasteiger charge is -2.13. The fourth-order valence-corrected chi connectivity index (χ4v) is 1.34. The van der Waals surface area contributed by atoms with Gasteiger partial charge in [0.2, 0.25) is 0 Å². The van der Waals surface area contributed by atoms with Gasteiger partial charge in [0, 0.05) is 11.9 Å². The van der Waals surface area contributed by atoms with Crippen LogP contribution in [0.2, 0.25) is 0 Å². The first kappa shape index (κ1) is 12.2. The van der Waals surface area contributed by atoms with Gasteiger partial charge >= 0.3 is 0 Å². The van der Waals surface area contributed by atoms with E-state index in [0.717, 1.165) is 25.4 Å². The SMILES string of the molecule is CC(CCCl)NCCCN(C)C. The molecule has 0 bridgehead atoms. The third kappa shape index (κ3) is 8.31. The Hall–Kier alpha value is 0.210. The van der Waals surface area contributed by atoms with Crippen molar-refractivity contribution in [2.45, 2.75) is 25.8 Å². The van der Waals surface area contributed by atoms with Gasteiger partial charge in [-0.1, -0.05) is 0 Å². The average molecular weight is 193 g/mol. The number of halogens is 1. The van der Waals surface area contributed by atoms with Crippen molar-refractivity contribution in [3.8, 4) is 0 Å². The molecule has 0 radical (unpaired) electrons. The van der Waals surface area contributed by atoms with Crippen molar-refractivity contribution in [3.63, 3.8) is 0 Å². The highest BCUT2D eigenvalue weighted by Crippen LogP contribution is 1.92. The molecule has 74 valence electrons. The molecular formula is C9H21ClN2. The van der Waals surface area contributed by atoms with Gasteiger partial charge in [-0.3, -0.25) is 0 Å². The van der Waals surface area contributed by atoms with Crippen LogP contribution in [-0.2, 0) is 0 Å². The van der Waals surface area contributed by atoms with Gasteiger partial charge in [0.1, 0.15) is 0 Å². The maximum atomic E-state index is 5.61. The van der Waals surface area contributed by atoms with E-state index in [0.29, 0.717) is 6.04 Å². The Balaban J connectivity index is 3.08. The highest BCUT2D eigenvalue weighted by atomic mass is 35.5. The lowest BCUT2D eigenvalue weighted by Crippen LogP contribution is -2.29. The summed E-state index contributed by atoms with van der Waals surface area (Å²) in [4.78, 5) is 2.20. The van der Waals surface area contributed by atoms with Gasteiger partial charge in [0.15, 0.2) is 0 Å². The largest absolute Gasteiger partial charge is 0.314 e. The van der Waals surface area contributed by atoms with Crippen LogP contribution in [-0.4, -0.2) is 44.0 Å². The molecule has 1 atom stereocenters. The zero-order valence-electron chi connectivity index (χ0n) is 8.44.